The Labute approximate surface area is 95.0 Å². The van der Waals surface area contributed by atoms with Crippen LogP contribution in [0, 0.1) is 11.8 Å². The molecule has 0 aromatic carbocycles. The molecule has 2 atom stereocenters. The number of nitrogens with one attached hydrogen (secondary N) is 1. The molecule has 0 radical (unpaired) electrons. The Kier molecular flexibility index (Phi) is 2.06. The van der Waals surface area contributed by atoms with Crippen molar-refractivity contribution in [2.45, 2.75) is 26.2 Å². The monoisotopic (exact) mass is 219 g/mol. The topological polar surface area (TPSA) is 49.0 Å². The normalized spacial score (nSPS) is 27.3. The van der Waals surface area contributed by atoms with Crippen LogP contribution in [0.1, 0.15) is 42.4 Å². The Morgan fingerprint density at radius 1 is 1.50 bits per heavy atom. The molecule has 1 aromatic heterocycles. The van der Waals surface area contributed by atoms with Crippen molar-refractivity contribution in [3.05, 3.63) is 17.5 Å². The molecule has 0 bridgehead atoms. The van der Waals surface area contributed by atoms with E-state index in [1.54, 1.807) is 0 Å². The first kappa shape index (κ1) is 9.87. The van der Waals surface area contributed by atoms with Gasteiger partial charge in [-0.25, -0.2) is 0 Å². The molecule has 3 rings (SSSR count). The largest absolute Gasteiger partial charge is 0.337 e. The molecule has 1 aliphatic heterocycles. The van der Waals surface area contributed by atoms with Crippen molar-refractivity contribution in [1.29, 1.82) is 0 Å². The van der Waals surface area contributed by atoms with E-state index in [4.69, 9.17) is 0 Å². The lowest BCUT2D eigenvalue weighted by molar-refractivity contribution is 0.0769. The minimum Gasteiger partial charge on any atom is -0.337 e. The predicted octanol–water partition coefficient (Wildman–Crippen LogP) is 1.62. The summed E-state index contributed by atoms with van der Waals surface area (Å²) in [5.74, 6) is 2.05. The van der Waals surface area contributed by atoms with E-state index in [-0.39, 0.29) is 5.91 Å². The molecule has 1 aliphatic carbocycles. The number of rotatable bonds is 2. The van der Waals surface area contributed by atoms with Gasteiger partial charge >= 0.3 is 0 Å². The van der Waals surface area contributed by atoms with E-state index in [0.29, 0.717) is 11.6 Å². The first-order valence-corrected chi connectivity index (χ1v) is 5.99. The Hall–Kier alpha value is -1.32. The van der Waals surface area contributed by atoms with E-state index < -0.39 is 0 Å². The van der Waals surface area contributed by atoms with Gasteiger partial charge in [-0.15, -0.1) is 0 Å². The zero-order valence-electron chi connectivity index (χ0n) is 9.73. The number of aromatic nitrogens is 2. The molecular formula is C12H17N3O. The van der Waals surface area contributed by atoms with Gasteiger partial charge in [-0.3, -0.25) is 9.89 Å². The summed E-state index contributed by atoms with van der Waals surface area (Å²) in [5.41, 5.74) is 1.61. The summed E-state index contributed by atoms with van der Waals surface area (Å²) in [6.45, 7) is 6.06. The van der Waals surface area contributed by atoms with Crippen molar-refractivity contribution < 1.29 is 4.79 Å². The molecule has 2 fully saturated rings. The van der Waals surface area contributed by atoms with Crippen molar-refractivity contribution in [3.63, 3.8) is 0 Å². The van der Waals surface area contributed by atoms with Crippen molar-refractivity contribution in [2.75, 3.05) is 13.1 Å². The number of fused-ring (bicyclic) bond motifs is 1. The summed E-state index contributed by atoms with van der Waals surface area (Å²) in [7, 11) is 0. The van der Waals surface area contributed by atoms with Gasteiger partial charge in [-0.1, -0.05) is 13.8 Å². The van der Waals surface area contributed by atoms with E-state index in [1.807, 2.05) is 11.0 Å². The molecule has 0 spiro atoms. The number of likely N-dealkylation sites (tertiary alicyclic amines) is 1. The van der Waals surface area contributed by atoms with Crippen molar-refractivity contribution >= 4 is 5.91 Å². The zero-order valence-corrected chi connectivity index (χ0v) is 9.73. The lowest BCUT2D eigenvalue weighted by atomic mass is 10.1. The third-order valence-corrected chi connectivity index (χ3v) is 3.70. The Balaban J connectivity index is 1.73. The third-order valence-electron chi connectivity index (χ3n) is 3.70. The number of H-pyrrole nitrogens is 1. The van der Waals surface area contributed by atoms with Crippen molar-refractivity contribution in [3.8, 4) is 0 Å². The Morgan fingerprint density at radius 2 is 2.19 bits per heavy atom. The number of hydrogen-bond acceptors (Lipinski definition) is 2. The number of amides is 1. The third kappa shape index (κ3) is 1.52. The van der Waals surface area contributed by atoms with Crippen LogP contribution < -0.4 is 0 Å². The molecule has 1 aromatic rings. The van der Waals surface area contributed by atoms with Crippen molar-refractivity contribution in [2.24, 2.45) is 11.8 Å². The SMILES string of the molecule is CC(C)c1cc(C(=O)N2CC3CC3C2)n[nH]1. The molecule has 1 amide bonds. The van der Waals surface area contributed by atoms with Crippen LogP contribution in [-0.2, 0) is 0 Å². The highest BCUT2D eigenvalue weighted by molar-refractivity contribution is 5.92. The number of hydrogen-bond donors (Lipinski definition) is 1. The summed E-state index contributed by atoms with van der Waals surface area (Å²) >= 11 is 0. The molecule has 2 unspecified atom stereocenters. The Bertz CT molecular complexity index is 414. The molecule has 86 valence electrons. The molecule has 16 heavy (non-hydrogen) atoms. The predicted molar refractivity (Wildman–Crippen MR) is 60.2 cm³/mol. The lowest BCUT2D eigenvalue weighted by Gasteiger charge is -2.15. The quantitative estimate of drug-likeness (QED) is 0.821. The summed E-state index contributed by atoms with van der Waals surface area (Å²) in [5, 5.41) is 7.04. The minimum atomic E-state index is 0.0929. The van der Waals surface area contributed by atoms with Gasteiger partial charge in [0.2, 0.25) is 0 Å². The smallest absolute Gasteiger partial charge is 0.274 e. The van der Waals surface area contributed by atoms with Crippen molar-refractivity contribution in [1.82, 2.24) is 15.1 Å². The van der Waals surface area contributed by atoms with Crippen LogP contribution in [0.3, 0.4) is 0 Å². The standard InChI is InChI=1S/C12H17N3O/c1-7(2)10-4-11(14-13-10)12(16)15-5-8-3-9(8)6-15/h4,7-9H,3,5-6H2,1-2H3,(H,13,14). The van der Waals surface area contributed by atoms with Gasteiger partial charge in [0.15, 0.2) is 0 Å². The maximum Gasteiger partial charge on any atom is 0.274 e. The average Bonchev–Trinajstić information content (AvgIpc) is 2.72. The first-order valence-electron chi connectivity index (χ1n) is 5.99. The highest BCUT2D eigenvalue weighted by atomic mass is 16.2. The second-order valence-corrected chi connectivity index (χ2v) is 5.33. The lowest BCUT2D eigenvalue weighted by Crippen LogP contribution is -2.30. The van der Waals surface area contributed by atoms with Crippen LogP contribution in [0.25, 0.3) is 0 Å². The van der Waals surface area contributed by atoms with Crippen LogP contribution in [0.2, 0.25) is 0 Å². The number of piperidine rings is 1. The highest BCUT2D eigenvalue weighted by Gasteiger charge is 2.46. The van der Waals surface area contributed by atoms with Gasteiger partial charge in [0.05, 0.1) is 0 Å². The molecule has 4 heteroatoms. The molecule has 2 heterocycles. The maximum atomic E-state index is 12.1. The molecule has 1 N–H and O–H groups in total. The molecular weight excluding hydrogens is 202 g/mol. The van der Waals surface area contributed by atoms with Gasteiger partial charge < -0.3 is 4.90 Å². The summed E-state index contributed by atoms with van der Waals surface area (Å²) in [4.78, 5) is 14.0. The van der Waals surface area contributed by atoms with Crippen LogP contribution in [0.15, 0.2) is 6.07 Å². The molecule has 2 aliphatic rings. The van der Waals surface area contributed by atoms with Crippen LogP contribution >= 0.6 is 0 Å². The fourth-order valence-corrected chi connectivity index (χ4v) is 2.47. The van der Waals surface area contributed by atoms with Gasteiger partial charge in [0.25, 0.3) is 5.91 Å². The average molecular weight is 219 g/mol. The summed E-state index contributed by atoms with van der Waals surface area (Å²) < 4.78 is 0. The maximum absolute atomic E-state index is 12.1. The second-order valence-electron chi connectivity index (χ2n) is 5.33. The zero-order chi connectivity index (χ0) is 11.3. The van der Waals surface area contributed by atoms with Gasteiger partial charge in [-0.05, 0) is 30.2 Å². The van der Waals surface area contributed by atoms with E-state index in [2.05, 4.69) is 24.0 Å². The van der Waals surface area contributed by atoms with E-state index >= 15 is 0 Å². The molecule has 4 nitrogen and oxygen atoms in total. The van der Waals surface area contributed by atoms with Crippen LogP contribution in [0.5, 0.6) is 0 Å². The van der Waals surface area contributed by atoms with Gasteiger partial charge in [0.1, 0.15) is 5.69 Å². The van der Waals surface area contributed by atoms with Crippen LogP contribution in [0.4, 0.5) is 0 Å². The van der Waals surface area contributed by atoms with E-state index in [0.717, 1.165) is 30.6 Å². The number of carbonyl (C=O) groups excluding carboxylic acids is 1. The van der Waals surface area contributed by atoms with Crippen LogP contribution in [-0.4, -0.2) is 34.1 Å². The summed E-state index contributed by atoms with van der Waals surface area (Å²) in [6, 6.07) is 1.89. The molecule has 1 saturated carbocycles. The minimum absolute atomic E-state index is 0.0929. The van der Waals surface area contributed by atoms with Gasteiger partial charge in [-0.2, -0.15) is 5.10 Å². The fraction of sp³-hybridized carbons (Fsp3) is 0.667. The Morgan fingerprint density at radius 3 is 2.75 bits per heavy atom. The van der Waals surface area contributed by atoms with E-state index in [9.17, 15) is 4.79 Å². The highest BCUT2D eigenvalue weighted by Crippen LogP contribution is 2.45. The first-order chi connectivity index (χ1) is 7.65. The number of aromatic amines is 1. The molecule has 1 saturated heterocycles. The fourth-order valence-electron chi connectivity index (χ4n) is 2.47. The number of nitrogens with zero attached hydrogens (tertiary/aromatic N) is 2. The van der Waals surface area contributed by atoms with E-state index in [1.165, 1.54) is 6.42 Å². The van der Waals surface area contributed by atoms with Gasteiger partial charge in [0, 0.05) is 18.8 Å². The number of carbonyl (C=O) groups is 1. The second kappa shape index (κ2) is 3.34. The summed E-state index contributed by atoms with van der Waals surface area (Å²) in [6.07, 6.45) is 1.32.